The van der Waals surface area contributed by atoms with E-state index in [1.165, 1.54) is 0 Å². The van der Waals surface area contributed by atoms with E-state index in [0.717, 1.165) is 29.7 Å². The second-order valence-corrected chi connectivity index (χ2v) is 3.78. The summed E-state index contributed by atoms with van der Waals surface area (Å²) in [6, 6.07) is 6.00. The molecule has 82 valence electrons. The van der Waals surface area contributed by atoms with E-state index in [-0.39, 0.29) is 11.3 Å². The summed E-state index contributed by atoms with van der Waals surface area (Å²) in [6.07, 6.45) is 1.75. The Kier molecular flexibility index (Phi) is 4.82. The highest BCUT2D eigenvalue weighted by molar-refractivity contribution is 9.09. The Labute approximate surface area is 98.8 Å². The van der Waals surface area contributed by atoms with Crippen LogP contribution in [0.3, 0.4) is 0 Å². The Morgan fingerprint density at radius 3 is 2.20 bits per heavy atom. The van der Waals surface area contributed by atoms with Gasteiger partial charge in [0.15, 0.2) is 0 Å². The summed E-state index contributed by atoms with van der Waals surface area (Å²) < 4.78 is 5.32. The van der Waals surface area contributed by atoms with Gasteiger partial charge in [0.05, 0.1) is 0 Å². The van der Waals surface area contributed by atoms with E-state index in [1.54, 1.807) is 0 Å². The van der Waals surface area contributed by atoms with Gasteiger partial charge in [0.25, 0.3) is 0 Å². The van der Waals surface area contributed by atoms with Crippen molar-refractivity contribution in [3.63, 3.8) is 0 Å². The molecule has 2 nitrogen and oxygen atoms in total. The summed E-state index contributed by atoms with van der Waals surface area (Å²) in [6.45, 7) is 4.11. The molecule has 0 aromatic heterocycles. The lowest BCUT2D eigenvalue weighted by atomic mass is 10.1. The molecule has 0 amide bonds. The first kappa shape index (κ1) is 12.2. The molecule has 0 unspecified atom stereocenters. The molecule has 0 radical (unpaired) electrons. The quantitative estimate of drug-likeness (QED) is 0.478. The summed E-state index contributed by atoms with van der Waals surface area (Å²) in [7, 11) is 0. The molecule has 0 heterocycles. The van der Waals surface area contributed by atoms with E-state index in [9.17, 15) is 4.79 Å². The number of aryl methyl sites for hydroxylation is 2. The van der Waals surface area contributed by atoms with Gasteiger partial charge < -0.3 is 4.74 Å². The van der Waals surface area contributed by atoms with Gasteiger partial charge >= 0.3 is 5.97 Å². The molecule has 0 N–H and O–H groups in total. The molecule has 1 rings (SSSR count). The number of hydrogen-bond donors (Lipinski definition) is 0. The summed E-state index contributed by atoms with van der Waals surface area (Å²) in [5.74, 6) is 0.498. The van der Waals surface area contributed by atoms with E-state index in [2.05, 4.69) is 29.8 Å². The van der Waals surface area contributed by atoms with Crippen molar-refractivity contribution in [3.8, 4) is 5.75 Å². The summed E-state index contributed by atoms with van der Waals surface area (Å²) in [5, 5.41) is 0.230. The molecule has 0 spiro atoms. The zero-order valence-corrected chi connectivity index (χ0v) is 10.6. The van der Waals surface area contributed by atoms with Crippen molar-refractivity contribution in [3.05, 3.63) is 29.3 Å². The molecule has 15 heavy (non-hydrogen) atoms. The Morgan fingerprint density at radius 1 is 1.27 bits per heavy atom. The van der Waals surface area contributed by atoms with E-state index < -0.39 is 0 Å². The Balaban J connectivity index is 3.05. The van der Waals surface area contributed by atoms with Crippen LogP contribution in [0.15, 0.2) is 18.2 Å². The zero-order valence-electron chi connectivity index (χ0n) is 9.05. The number of rotatable bonds is 4. The fourth-order valence-electron chi connectivity index (χ4n) is 1.47. The molecule has 0 aliphatic heterocycles. The molecule has 0 aliphatic carbocycles. The van der Waals surface area contributed by atoms with Gasteiger partial charge in [-0.1, -0.05) is 48.0 Å². The number of carbonyl (C=O) groups excluding carboxylic acids is 1. The summed E-state index contributed by atoms with van der Waals surface area (Å²) in [4.78, 5) is 11.2. The van der Waals surface area contributed by atoms with Gasteiger partial charge in [-0.25, -0.2) is 0 Å². The summed E-state index contributed by atoms with van der Waals surface area (Å²) >= 11 is 3.09. The van der Waals surface area contributed by atoms with Gasteiger partial charge in [0.2, 0.25) is 0 Å². The first-order chi connectivity index (χ1) is 7.22. The predicted octanol–water partition coefficient (Wildman–Crippen LogP) is 3.11. The SMILES string of the molecule is CCc1cccc(CC)c1OC(=O)CBr. The molecule has 1 aromatic rings. The van der Waals surface area contributed by atoms with E-state index >= 15 is 0 Å². The lowest BCUT2D eigenvalue weighted by Crippen LogP contribution is -2.11. The molecule has 0 fully saturated rings. The van der Waals surface area contributed by atoms with E-state index in [4.69, 9.17) is 4.74 Å². The third-order valence-corrected chi connectivity index (χ3v) is 2.72. The molecule has 3 heteroatoms. The summed E-state index contributed by atoms with van der Waals surface area (Å²) in [5.41, 5.74) is 2.17. The lowest BCUT2D eigenvalue weighted by molar-refractivity contribution is -0.131. The largest absolute Gasteiger partial charge is 0.425 e. The lowest BCUT2D eigenvalue weighted by Gasteiger charge is -2.12. The molecule has 0 saturated heterocycles. The van der Waals surface area contributed by atoms with Crippen LogP contribution < -0.4 is 4.74 Å². The maximum Gasteiger partial charge on any atom is 0.321 e. The van der Waals surface area contributed by atoms with Crippen molar-refractivity contribution in [2.24, 2.45) is 0 Å². The average molecular weight is 271 g/mol. The Bertz CT molecular complexity index is 325. The van der Waals surface area contributed by atoms with Crippen LogP contribution in [-0.2, 0) is 17.6 Å². The topological polar surface area (TPSA) is 26.3 Å². The number of alkyl halides is 1. The van der Waals surface area contributed by atoms with Crippen LogP contribution in [0.5, 0.6) is 5.75 Å². The van der Waals surface area contributed by atoms with Gasteiger partial charge in [-0.3, -0.25) is 4.79 Å². The second kappa shape index (κ2) is 5.91. The molecule has 0 atom stereocenters. The fourth-order valence-corrected chi connectivity index (χ4v) is 1.58. The van der Waals surface area contributed by atoms with Gasteiger partial charge in [-0.2, -0.15) is 0 Å². The van der Waals surface area contributed by atoms with Crippen molar-refractivity contribution < 1.29 is 9.53 Å². The number of halogens is 1. The maximum absolute atomic E-state index is 11.2. The van der Waals surface area contributed by atoms with Gasteiger partial charge in [0, 0.05) is 0 Å². The third-order valence-electron chi connectivity index (χ3n) is 2.26. The van der Waals surface area contributed by atoms with Crippen LogP contribution in [0.2, 0.25) is 0 Å². The van der Waals surface area contributed by atoms with Gasteiger partial charge in [-0.15, -0.1) is 0 Å². The number of esters is 1. The monoisotopic (exact) mass is 270 g/mol. The minimum absolute atomic E-state index is 0.230. The second-order valence-electron chi connectivity index (χ2n) is 3.22. The number of ether oxygens (including phenoxy) is 1. The predicted molar refractivity (Wildman–Crippen MR) is 64.6 cm³/mol. The number of hydrogen-bond acceptors (Lipinski definition) is 2. The van der Waals surface area contributed by atoms with Crippen molar-refractivity contribution in [1.82, 2.24) is 0 Å². The fraction of sp³-hybridized carbons (Fsp3) is 0.417. The standard InChI is InChI=1S/C12H15BrO2/c1-3-9-6-5-7-10(4-2)12(9)15-11(14)8-13/h5-7H,3-4,8H2,1-2H3. The zero-order chi connectivity index (χ0) is 11.3. The van der Waals surface area contributed by atoms with E-state index in [0.29, 0.717) is 0 Å². The molecule has 0 saturated carbocycles. The average Bonchev–Trinajstić information content (AvgIpc) is 2.29. The van der Waals surface area contributed by atoms with Crippen molar-refractivity contribution in [2.45, 2.75) is 26.7 Å². The number of benzene rings is 1. The Morgan fingerprint density at radius 2 is 1.80 bits per heavy atom. The highest BCUT2D eigenvalue weighted by Crippen LogP contribution is 2.25. The van der Waals surface area contributed by atoms with Crippen molar-refractivity contribution in [1.29, 1.82) is 0 Å². The van der Waals surface area contributed by atoms with Crippen LogP contribution in [0.4, 0.5) is 0 Å². The normalized spacial score (nSPS) is 10.1. The third kappa shape index (κ3) is 3.06. The van der Waals surface area contributed by atoms with Crippen LogP contribution in [-0.4, -0.2) is 11.3 Å². The molecule has 0 aliphatic rings. The smallest absolute Gasteiger partial charge is 0.321 e. The van der Waals surface area contributed by atoms with Crippen molar-refractivity contribution in [2.75, 3.05) is 5.33 Å². The Hall–Kier alpha value is -0.830. The molecule has 0 bridgehead atoms. The van der Waals surface area contributed by atoms with Crippen LogP contribution in [0.25, 0.3) is 0 Å². The minimum Gasteiger partial charge on any atom is -0.425 e. The number of carbonyl (C=O) groups is 1. The van der Waals surface area contributed by atoms with E-state index in [1.807, 2.05) is 18.2 Å². The van der Waals surface area contributed by atoms with Gasteiger partial charge in [-0.05, 0) is 24.0 Å². The minimum atomic E-state index is -0.245. The highest BCUT2D eigenvalue weighted by Gasteiger charge is 2.10. The van der Waals surface area contributed by atoms with Crippen molar-refractivity contribution >= 4 is 21.9 Å². The van der Waals surface area contributed by atoms with Crippen LogP contribution in [0, 0.1) is 0 Å². The van der Waals surface area contributed by atoms with Gasteiger partial charge in [0.1, 0.15) is 11.1 Å². The van der Waals surface area contributed by atoms with Crippen LogP contribution in [0.1, 0.15) is 25.0 Å². The first-order valence-electron chi connectivity index (χ1n) is 5.10. The molecular formula is C12H15BrO2. The number of para-hydroxylation sites is 1. The molecule has 1 aromatic carbocycles. The molecular weight excluding hydrogens is 256 g/mol. The highest BCUT2D eigenvalue weighted by atomic mass is 79.9. The van der Waals surface area contributed by atoms with Crippen LogP contribution >= 0.6 is 15.9 Å². The maximum atomic E-state index is 11.2. The first-order valence-corrected chi connectivity index (χ1v) is 6.22.